The van der Waals surface area contributed by atoms with Gasteiger partial charge in [0, 0.05) is 66.9 Å². The van der Waals surface area contributed by atoms with Crippen LogP contribution in [0.5, 0.6) is 0 Å². The molecule has 0 radical (unpaired) electrons. The largest absolute Gasteiger partial charge is 0.374 e. The molecule has 0 fully saturated rings. The van der Waals surface area contributed by atoms with E-state index in [2.05, 4.69) is 22.1 Å². The van der Waals surface area contributed by atoms with Gasteiger partial charge in [-0.15, -0.1) is 71.8 Å². The van der Waals surface area contributed by atoms with Crippen LogP contribution in [-0.2, 0) is 53.3 Å². The van der Waals surface area contributed by atoms with Crippen LogP contribution < -0.4 is 0 Å². The Bertz CT molecular complexity index is 2300. The van der Waals surface area contributed by atoms with Crippen molar-refractivity contribution in [2.24, 2.45) is 0 Å². The number of aliphatic hydroxyl groups is 2. The first-order valence-corrected chi connectivity index (χ1v) is 18.8. The standard InChI is InChI=1S/2C24H18NO.C4H4N2.2Pt/c2*26-24(20-13-6-2-7-14-20,21-15-8-3-9-16-21)23-18-10-17-22(25-23)19-11-4-1-5-12-19;1-2-6-4-3-5-1;;/h2*1-11,13-18,26H;1-4H;;/q2*-1;;;. The minimum absolute atomic E-state index is 0. The molecule has 0 saturated heterocycles. The van der Waals surface area contributed by atoms with Crippen LogP contribution in [0.4, 0.5) is 0 Å². The van der Waals surface area contributed by atoms with Gasteiger partial charge in [-0.05, 0) is 45.8 Å². The van der Waals surface area contributed by atoms with Crippen LogP contribution in [0.15, 0.2) is 231 Å². The predicted molar refractivity (Wildman–Crippen MR) is 229 cm³/mol. The molecule has 302 valence electrons. The number of hydrogen-bond acceptors (Lipinski definition) is 6. The van der Waals surface area contributed by atoms with Crippen molar-refractivity contribution >= 4 is 0 Å². The van der Waals surface area contributed by atoms with Crippen LogP contribution in [0.25, 0.3) is 22.5 Å². The van der Waals surface area contributed by atoms with Gasteiger partial charge in [0.2, 0.25) is 0 Å². The van der Waals surface area contributed by atoms with Gasteiger partial charge in [-0.1, -0.05) is 146 Å². The molecular weight excluding hydrogens is 1100 g/mol. The number of pyridine rings is 2. The minimum Gasteiger partial charge on any atom is -0.374 e. The summed E-state index contributed by atoms with van der Waals surface area (Å²) in [6, 6.07) is 71.9. The molecule has 0 unspecified atom stereocenters. The summed E-state index contributed by atoms with van der Waals surface area (Å²) in [5.41, 5.74) is 5.04. The third-order valence-electron chi connectivity index (χ3n) is 9.45. The Morgan fingerprint density at radius 1 is 0.333 bits per heavy atom. The third-order valence-corrected chi connectivity index (χ3v) is 9.45. The molecule has 9 aromatic rings. The molecule has 3 heterocycles. The van der Waals surface area contributed by atoms with E-state index in [4.69, 9.17) is 9.97 Å². The maximum absolute atomic E-state index is 11.8. The van der Waals surface area contributed by atoms with Crippen molar-refractivity contribution < 1.29 is 52.3 Å². The van der Waals surface area contributed by atoms with E-state index in [1.165, 1.54) is 0 Å². The molecule has 0 aliphatic rings. The van der Waals surface area contributed by atoms with E-state index in [-0.39, 0.29) is 42.1 Å². The van der Waals surface area contributed by atoms with Crippen LogP contribution in [-0.4, -0.2) is 30.1 Å². The Morgan fingerprint density at radius 3 is 0.900 bits per heavy atom. The molecule has 3 aromatic heterocycles. The quantitative estimate of drug-likeness (QED) is 0.147. The molecule has 60 heavy (non-hydrogen) atoms. The van der Waals surface area contributed by atoms with Crippen LogP contribution >= 0.6 is 0 Å². The second kappa shape index (κ2) is 22.4. The summed E-state index contributed by atoms with van der Waals surface area (Å²) in [4.78, 5) is 17.0. The molecule has 2 N–H and O–H groups in total. The van der Waals surface area contributed by atoms with Crippen molar-refractivity contribution in [1.82, 2.24) is 19.9 Å². The second-order valence-electron chi connectivity index (χ2n) is 13.1. The Kier molecular flexibility index (Phi) is 16.8. The number of aromatic nitrogens is 4. The number of nitrogens with zero attached hydrogens (tertiary/aromatic N) is 4. The molecule has 6 nitrogen and oxygen atoms in total. The molecule has 6 aromatic carbocycles. The normalized spacial score (nSPS) is 10.6. The Balaban J connectivity index is 0.000000194. The summed E-state index contributed by atoms with van der Waals surface area (Å²) in [7, 11) is 0. The molecular formula is C52H40N4O2Pt2-2. The van der Waals surface area contributed by atoms with Crippen molar-refractivity contribution in [1.29, 1.82) is 0 Å². The summed E-state index contributed by atoms with van der Waals surface area (Å²) in [5, 5.41) is 23.6. The van der Waals surface area contributed by atoms with Gasteiger partial charge in [-0.3, -0.25) is 19.9 Å². The van der Waals surface area contributed by atoms with Gasteiger partial charge in [0.15, 0.2) is 11.2 Å². The van der Waals surface area contributed by atoms with Crippen molar-refractivity contribution in [2.75, 3.05) is 0 Å². The fourth-order valence-corrected chi connectivity index (χ4v) is 6.57. The van der Waals surface area contributed by atoms with E-state index in [0.717, 1.165) is 44.8 Å². The maximum Gasteiger partial charge on any atom is 0.156 e. The summed E-state index contributed by atoms with van der Waals surface area (Å²) in [6.07, 6.45) is 6.56. The van der Waals surface area contributed by atoms with Gasteiger partial charge in [0.25, 0.3) is 0 Å². The van der Waals surface area contributed by atoms with E-state index in [9.17, 15) is 10.2 Å². The minimum atomic E-state index is -1.33. The first kappa shape index (κ1) is 45.1. The van der Waals surface area contributed by atoms with Gasteiger partial charge in [-0.25, -0.2) is 0 Å². The van der Waals surface area contributed by atoms with Gasteiger partial charge < -0.3 is 10.2 Å². The van der Waals surface area contributed by atoms with E-state index in [1.807, 2.05) is 206 Å². The summed E-state index contributed by atoms with van der Waals surface area (Å²) >= 11 is 0. The number of benzene rings is 6. The van der Waals surface area contributed by atoms with Crippen molar-refractivity contribution in [3.8, 4) is 22.5 Å². The molecule has 0 atom stereocenters. The second-order valence-corrected chi connectivity index (χ2v) is 13.1. The fourth-order valence-electron chi connectivity index (χ4n) is 6.57. The molecule has 8 heteroatoms. The zero-order valence-electron chi connectivity index (χ0n) is 32.3. The first-order chi connectivity index (χ1) is 28.6. The zero-order chi connectivity index (χ0) is 39.9. The molecule has 0 amide bonds. The van der Waals surface area contributed by atoms with Gasteiger partial charge >= 0.3 is 0 Å². The topological polar surface area (TPSA) is 92.0 Å². The molecule has 0 bridgehead atoms. The van der Waals surface area contributed by atoms with E-state index in [0.29, 0.717) is 11.4 Å². The van der Waals surface area contributed by atoms with Crippen LogP contribution in [0.3, 0.4) is 0 Å². The maximum atomic E-state index is 11.8. The smallest absolute Gasteiger partial charge is 0.156 e. The SMILES string of the molecule is OC(c1ccccc1)(c1ccccc1)c1cccc(-c2[c-]cccc2)n1.OC(c1ccccc1)(c1ccccc1)c1cccc(-c2[c-]cccc2)n1.[Pt].[Pt].c1cnccn1. The van der Waals surface area contributed by atoms with Crippen LogP contribution in [0.2, 0.25) is 0 Å². The molecule has 0 aliphatic heterocycles. The summed E-state index contributed by atoms with van der Waals surface area (Å²) in [5.74, 6) is 0. The third kappa shape index (κ3) is 10.8. The van der Waals surface area contributed by atoms with Crippen LogP contribution in [0, 0.1) is 12.1 Å². The molecule has 0 spiro atoms. The van der Waals surface area contributed by atoms with Crippen molar-refractivity contribution in [2.45, 2.75) is 11.2 Å². The predicted octanol–water partition coefficient (Wildman–Crippen LogP) is 10.1. The summed E-state index contributed by atoms with van der Waals surface area (Å²) < 4.78 is 0. The van der Waals surface area contributed by atoms with E-state index in [1.54, 1.807) is 24.8 Å². The molecule has 0 aliphatic carbocycles. The average molecular weight is 1140 g/mol. The molecule has 9 rings (SSSR count). The zero-order valence-corrected chi connectivity index (χ0v) is 36.8. The van der Waals surface area contributed by atoms with Crippen LogP contribution in [0.1, 0.15) is 33.6 Å². The Morgan fingerprint density at radius 2 is 0.633 bits per heavy atom. The van der Waals surface area contributed by atoms with Gasteiger partial charge in [-0.2, -0.15) is 0 Å². The fraction of sp³-hybridized carbons (Fsp3) is 0.0385. The van der Waals surface area contributed by atoms with Crippen molar-refractivity contribution in [3.05, 3.63) is 277 Å². The Hall–Kier alpha value is -6.00. The van der Waals surface area contributed by atoms with E-state index >= 15 is 0 Å². The number of rotatable bonds is 8. The van der Waals surface area contributed by atoms with E-state index < -0.39 is 11.2 Å². The average Bonchev–Trinajstić information content (AvgIpc) is 3.34. The molecule has 0 saturated carbocycles. The van der Waals surface area contributed by atoms with Crippen molar-refractivity contribution in [3.63, 3.8) is 0 Å². The van der Waals surface area contributed by atoms with Gasteiger partial charge in [0.05, 0.1) is 11.4 Å². The van der Waals surface area contributed by atoms with Gasteiger partial charge in [0.1, 0.15) is 0 Å². The summed E-state index contributed by atoms with van der Waals surface area (Å²) in [6.45, 7) is 0. The Labute approximate surface area is 380 Å². The first-order valence-electron chi connectivity index (χ1n) is 18.8. The number of hydrogen-bond donors (Lipinski definition) is 2. The monoisotopic (exact) mass is 1140 g/mol.